The maximum atomic E-state index is 10.0. The van der Waals surface area contributed by atoms with Gasteiger partial charge in [-0.15, -0.1) is 0 Å². The third kappa shape index (κ3) is 3.22. The highest BCUT2D eigenvalue weighted by atomic mass is 16.4. The summed E-state index contributed by atoms with van der Waals surface area (Å²) in [5.41, 5.74) is 0. The molecule has 0 fully saturated rings. The van der Waals surface area contributed by atoms with Crippen molar-refractivity contribution in [3.05, 3.63) is 0 Å². The minimum Gasteiger partial charge on any atom is -0.475 e. The molecule has 0 aliphatic rings. The van der Waals surface area contributed by atoms with Gasteiger partial charge in [0.25, 0.3) is 0 Å². The van der Waals surface area contributed by atoms with Crippen LogP contribution in [0.5, 0.6) is 0 Å². The number of aliphatic carboxylic acids is 1. The van der Waals surface area contributed by atoms with Crippen molar-refractivity contribution >= 4 is 17.7 Å². The van der Waals surface area contributed by atoms with Crippen molar-refractivity contribution in [1.29, 1.82) is 5.41 Å². The summed E-state index contributed by atoms with van der Waals surface area (Å²) >= 11 is 0. The molecule has 3 N–H and O–H groups in total. The Morgan fingerprint density at radius 2 is 2.00 bits per heavy atom. The van der Waals surface area contributed by atoms with E-state index in [1.54, 1.807) is 5.32 Å². The fourth-order valence-corrected chi connectivity index (χ4v) is 0.229. The third-order valence-electron chi connectivity index (χ3n) is 0.515. The van der Waals surface area contributed by atoms with E-state index in [0.717, 1.165) is 6.92 Å². The van der Waals surface area contributed by atoms with Gasteiger partial charge in [0.2, 0.25) is 11.7 Å². The summed E-state index contributed by atoms with van der Waals surface area (Å²) in [5.74, 6) is -2.80. The Morgan fingerprint density at radius 3 is 2.11 bits per heavy atom. The normalized spacial score (nSPS) is 8.11. The summed E-state index contributed by atoms with van der Waals surface area (Å²) < 4.78 is 0. The van der Waals surface area contributed by atoms with Gasteiger partial charge in [-0.2, -0.15) is 0 Å². The smallest absolute Gasteiger partial charge is 0.371 e. The Balaban J connectivity index is 3.79. The molecule has 0 aliphatic heterocycles. The molecule has 1 amide bonds. The van der Waals surface area contributed by atoms with Crippen molar-refractivity contribution in [2.75, 3.05) is 0 Å². The zero-order chi connectivity index (χ0) is 7.44. The standard InChI is InChI=1S/C4H6N2O3/c1-2(7)6-3(5)4(8)9/h1H3,(H,8,9)(H2,5,6,7). The van der Waals surface area contributed by atoms with Crippen LogP contribution in [0, 0.1) is 5.41 Å². The second kappa shape index (κ2) is 2.81. The van der Waals surface area contributed by atoms with Crippen LogP contribution in [-0.4, -0.2) is 22.8 Å². The number of rotatable bonds is 0. The molecule has 0 spiro atoms. The second-order valence-corrected chi connectivity index (χ2v) is 1.36. The van der Waals surface area contributed by atoms with Crippen molar-refractivity contribution in [2.24, 2.45) is 0 Å². The first-order valence-corrected chi connectivity index (χ1v) is 2.13. The number of nitrogens with one attached hydrogen (secondary N) is 2. The van der Waals surface area contributed by atoms with Crippen molar-refractivity contribution in [3.63, 3.8) is 0 Å². The molecule has 0 saturated carbocycles. The molecule has 0 radical (unpaired) electrons. The van der Waals surface area contributed by atoms with E-state index in [0.29, 0.717) is 0 Å². The average molecular weight is 130 g/mol. The molecule has 5 nitrogen and oxygen atoms in total. The molecule has 0 heterocycles. The summed E-state index contributed by atoms with van der Waals surface area (Å²) in [7, 11) is 0. The lowest BCUT2D eigenvalue weighted by Crippen LogP contribution is -2.33. The summed E-state index contributed by atoms with van der Waals surface area (Å²) in [6, 6.07) is 0. The number of carbonyl (C=O) groups is 2. The first-order valence-electron chi connectivity index (χ1n) is 2.13. The average Bonchev–Trinajstić information content (AvgIpc) is 1.63. The van der Waals surface area contributed by atoms with Gasteiger partial charge >= 0.3 is 5.97 Å². The summed E-state index contributed by atoms with van der Waals surface area (Å²) in [6.07, 6.45) is 0. The van der Waals surface area contributed by atoms with E-state index in [-0.39, 0.29) is 0 Å². The van der Waals surface area contributed by atoms with E-state index >= 15 is 0 Å². The van der Waals surface area contributed by atoms with Gasteiger partial charge in [-0.25, -0.2) is 4.79 Å². The number of amides is 1. The zero-order valence-electron chi connectivity index (χ0n) is 4.76. The van der Waals surface area contributed by atoms with Gasteiger partial charge in [0.15, 0.2) is 0 Å². The highest BCUT2D eigenvalue weighted by molar-refractivity contribution is 6.35. The van der Waals surface area contributed by atoms with E-state index in [1.807, 2.05) is 0 Å². The third-order valence-corrected chi connectivity index (χ3v) is 0.515. The highest BCUT2D eigenvalue weighted by Crippen LogP contribution is 1.66. The molecular weight excluding hydrogens is 124 g/mol. The van der Waals surface area contributed by atoms with E-state index in [2.05, 4.69) is 0 Å². The Morgan fingerprint density at radius 1 is 1.56 bits per heavy atom. The van der Waals surface area contributed by atoms with Crippen molar-refractivity contribution in [1.82, 2.24) is 5.32 Å². The summed E-state index contributed by atoms with van der Waals surface area (Å²) in [4.78, 5) is 19.8. The number of amidine groups is 1. The number of hydrogen-bond donors (Lipinski definition) is 3. The van der Waals surface area contributed by atoms with E-state index in [9.17, 15) is 9.59 Å². The Hall–Kier alpha value is -1.39. The Kier molecular flexibility index (Phi) is 2.37. The number of carbonyl (C=O) groups excluding carboxylic acids is 1. The van der Waals surface area contributed by atoms with Crippen LogP contribution in [-0.2, 0) is 9.59 Å². The molecule has 0 aromatic carbocycles. The molecule has 0 rings (SSSR count). The molecule has 0 aromatic rings. The number of carboxylic acid groups (broad SMARTS) is 1. The second-order valence-electron chi connectivity index (χ2n) is 1.36. The highest BCUT2D eigenvalue weighted by Gasteiger charge is 2.05. The molecule has 0 bridgehead atoms. The summed E-state index contributed by atoms with van der Waals surface area (Å²) in [6.45, 7) is 1.14. The summed E-state index contributed by atoms with van der Waals surface area (Å²) in [5, 5.41) is 16.3. The molecule has 0 saturated heterocycles. The van der Waals surface area contributed by atoms with Gasteiger partial charge in [0, 0.05) is 6.92 Å². The predicted octanol–water partition coefficient (Wildman–Crippen LogP) is -0.816. The van der Waals surface area contributed by atoms with Crippen LogP contribution in [0.1, 0.15) is 6.92 Å². The lowest BCUT2D eigenvalue weighted by molar-refractivity contribution is -0.130. The van der Waals surface area contributed by atoms with Crippen LogP contribution in [0.4, 0.5) is 0 Å². The van der Waals surface area contributed by atoms with Crippen molar-refractivity contribution < 1.29 is 14.7 Å². The van der Waals surface area contributed by atoms with Gasteiger partial charge in [0.05, 0.1) is 0 Å². The van der Waals surface area contributed by atoms with Gasteiger partial charge in [0.1, 0.15) is 0 Å². The fraction of sp³-hybridized carbons (Fsp3) is 0.250. The zero-order valence-corrected chi connectivity index (χ0v) is 4.76. The van der Waals surface area contributed by atoms with Crippen LogP contribution in [0.15, 0.2) is 0 Å². The van der Waals surface area contributed by atoms with E-state index < -0.39 is 17.7 Å². The minimum atomic E-state index is -1.44. The molecule has 50 valence electrons. The minimum absolute atomic E-state index is 0.553. The van der Waals surface area contributed by atoms with Gasteiger partial charge in [-0.1, -0.05) is 0 Å². The SMILES string of the molecule is CC(=O)NC(=N)C(=O)O. The van der Waals surface area contributed by atoms with Gasteiger partial charge in [-0.3, -0.25) is 10.2 Å². The fourth-order valence-electron chi connectivity index (χ4n) is 0.229. The van der Waals surface area contributed by atoms with Crippen molar-refractivity contribution in [3.8, 4) is 0 Å². The van der Waals surface area contributed by atoms with Gasteiger partial charge in [-0.05, 0) is 0 Å². The lowest BCUT2D eigenvalue weighted by Gasteiger charge is -1.94. The maximum absolute atomic E-state index is 10.0. The van der Waals surface area contributed by atoms with Crippen LogP contribution in [0.25, 0.3) is 0 Å². The molecule has 0 atom stereocenters. The molecule has 5 heteroatoms. The van der Waals surface area contributed by atoms with Crippen LogP contribution >= 0.6 is 0 Å². The predicted molar refractivity (Wildman–Crippen MR) is 29.2 cm³/mol. The number of hydrogen-bond acceptors (Lipinski definition) is 3. The van der Waals surface area contributed by atoms with Crippen LogP contribution < -0.4 is 5.32 Å². The van der Waals surface area contributed by atoms with Crippen LogP contribution in [0.2, 0.25) is 0 Å². The lowest BCUT2D eigenvalue weighted by atomic mass is 10.5. The largest absolute Gasteiger partial charge is 0.475 e. The maximum Gasteiger partial charge on any atom is 0.371 e. The van der Waals surface area contributed by atoms with Gasteiger partial charge < -0.3 is 10.4 Å². The molecule has 9 heavy (non-hydrogen) atoms. The molecule has 0 aromatic heterocycles. The monoisotopic (exact) mass is 130 g/mol. The first-order chi connectivity index (χ1) is 4.04. The first kappa shape index (κ1) is 7.61. The molecule has 0 aliphatic carbocycles. The molecular formula is C4H6N2O3. The van der Waals surface area contributed by atoms with Crippen LogP contribution in [0.3, 0.4) is 0 Å². The molecule has 0 unspecified atom stereocenters. The van der Waals surface area contributed by atoms with E-state index in [4.69, 9.17) is 10.5 Å². The van der Waals surface area contributed by atoms with E-state index in [1.165, 1.54) is 0 Å². The Labute approximate surface area is 51.2 Å². The van der Waals surface area contributed by atoms with Crippen molar-refractivity contribution in [2.45, 2.75) is 6.92 Å². The topological polar surface area (TPSA) is 90.3 Å². The quantitative estimate of drug-likeness (QED) is 0.295. The number of carboxylic acids is 1. The Bertz CT molecular complexity index is 163.